The molecule has 0 atom stereocenters. The van der Waals surface area contributed by atoms with Crippen molar-refractivity contribution in [3.63, 3.8) is 0 Å². The monoisotopic (exact) mass is 167 g/mol. The molecule has 66 valence electrons. The lowest BCUT2D eigenvalue weighted by Crippen LogP contribution is -2.01. The van der Waals surface area contributed by atoms with Gasteiger partial charge >= 0.3 is 0 Å². The van der Waals surface area contributed by atoms with Crippen LogP contribution in [0.5, 0.6) is 0 Å². The molecule has 0 heterocycles. The van der Waals surface area contributed by atoms with Gasteiger partial charge in [-0.05, 0) is 18.9 Å². The normalized spacial score (nSPS) is 18.0. The molecule has 0 radical (unpaired) electrons. The molecule has 0 aromatic rings. The molecule has 1 aliphatic carbocycles. The summed E-state index contributed by atoms with van der Waals surface area (Å²) in [7, 11) is 1.51. The molecule has 1 aliphatic rings. The summed E-state index contributed by atoms with van der Waals surface area (Å²) in [5, 5.41) is 3.75. The van der Waals surface area contributed by atoms with Gasteiger partial charge in [0.1, 0.15) is 7.11 Å². The Morgan fingerprint density at radius 1 is 1.75 bits per heavy atom. The third-order valence-electron chi connectivity index (χ3n) is 1.81. The van der Waals surface area contributed by atoms with E-state index in [1.54, 1.807) is 0 Å². The van der Waals surface area contributed by atoms with Crippen molar-refractivity contribution in [2.45, 2.75) is 26.2 Å². The van der Waals surface area contributed by atoms with Crippen LogP contribution in [-0.4, -0.2) is 18.6 Å². The Balaban J connectivity index is 2.51. The lowest BCUT2D eigenvalue weighted by atomic mass is 10.1. The van der Waals surface area contributed by atoms with Crippen LogP contribution >= 0.6 is 0 Å². The summed E-state index contributed by atoms with van der Waals surface area (Å²) >= 11 is 0. The summed E-state index contributed by atoms with van der Waals surface area (Å²) in [6.07, 6.45) is 4.16. The number of rotatable bonds is 3. The number of Topliss-reactive ketones (excluding diaryl/α,β-unsaturated/α-hetero) is 1. The Morgan fingerprint density at radius 2 is 2.50 bits per heavy atom. The summed E-state index contributed by atoms with van der Waals surface area (Å²) in [5.41, 5.74) is 1.73. The maximum absolute atomic E-state index is 11.1. The highest BCUT2D eigenvalue weighted by Crippen LogP contribution is 2.17. The van der Waals surface area contributed by atoms with E-state index in [9.17, 15) is 4.79 Å². The minimum Gasteiger partial charge on any atom is -0.399 e. The summed E-state index contributed by atoms with van der Waals surface area (Å²) in [4.78, 5) is 15.7. The second-order valence-electron chi connectivity index (χ2n) is 2.88. The number of oxime groups is 1. The van der Waals surface area contributed by atoms with Crippen LogP contribution < -0.4 is 0 Å². The predicted octanol–water partition coefficient (Wildman–Crippen LogP) is 1.69. The van der Waals surface area contributed by atoms with Gasteiger partial charge in [-0.2, -0.15) is 0 Å². The maximum atomic E-state index is 11.1. The van der Waals surface area contributed by atoms with Crippen LogP contribution in [0, 0.1) is 0 Å². The number of carbonyl (C=O) groups excluding carboxylic acids is 1. The molecule has 0 N–H and O–H groups in total. The van der Waals surface area contributed by atoms with Crippen LogP contribution in [0.25, 0.3) is 0 Å². The Kier molecular flexibility index (Phi) is 3.02. The second kappa shape index (κ2) is 4.04. The summed E-state index contributed by atoms with van der Waals surface area (Å²) in [6, 6.07) is 0. The molecule has 0 fully saturated rings. The highest BCUT2D eigenvalue weighted by atomic mass is 16.6. The minimum absolute atomic E-state index is 0.251. The molecule has 0 spiro atoms. The lowest BCUT2D eigenvalue weighted by Gasteiger charge is -1.98. The van der Waals surface area contributed by atoms with Crippen molar-refractivity contribution in [2.75, 3.05) is 7.11 Å². The van der Waals surface area contributed by atoms with Gasteiger partial charge in [-0.3, -0.25) is 4.79 Å². The van der Waals surface area contributed by atoms with Gasteiger partial charge in [-0.15, -0.1) is 0 Å². The van der Waals surface area contributed by atoms with Gasteiger partial charge in [0.2, 0.25) is 0 Å². The number of allylic oxidation sites excluding steroid dienone is 2. The van der Waals surface area contributed by atoms with Gasteiger partial charge in [-0.25, -0.2) is 0 Å². The first-order valence-corrected chi connectivity index (χ1v) is 4.03. The van der Waals surface area contributed by atoms with Gasteiger partial charge in [-0.1, -0.05) is 11.2 Å². The summed E-state index contributed by atoms with van der Waals surface area (Å²) < 4.78 is 0. The highest BCUT2D eigenvalue weighted by molar-refractivity contribution is 6.02. The van der Waals surface area contributed by atoms with Gasteiger partial charge in [0.25, 0.3) is 0 Å². The number of carbonyl (C=O) groups is 1. The standard InChI is InChI=1S/C9H13NO2/c1-7(10-12-2)6-8-4-3-5-9(8)11/h4H,3,5-6H2,1-2H3. The van der Waals surface area contributed by atoms with E-state index >= 15 is 0 Å². The number of hydrogen-bond acceptors (Lipinski definition) is 3. The number of hydrogen-bond donors (Lipinski definition) is 0. The SMILES string of the molecule is CON=C(C)CC1=CCCC1=O. The molecule has 0 amide bonds. The van der Waals surface area contributed by atoms with Crippen LogP contribution in [0.15, 0.2) is 16.8 Å². The molecule has 3 heteroatoms. The first kappa shape index (κ1) is 8.97. The van der Waals surface area contributed by atoms with Crippen LogP contribution in [0.1, 0.15) is 26.2 Å². The number of ketones is 1. The molecule has 0 unspecified atom stereocenters. The Labute approximate surface area is 72.1 Å². The van der Waals surface area contributed by atoms with Crippen molar-refractivity contribution in [3.05, 3.63) is 11.6 Å². The molecule has 1 rings (SSSR count). The van der Waals surface area contributed by atoms with Crippen LogP contribution in [0.2, 0.25) is 0 Å². The first-order chi connectivity index (χ1) is 5.74. The molecular formula is C9H13NO2. The molecule has 0 saturated carbocycles. The van der Waals surface area contributed by atoms with E-state index in [0.717, 1.165) is 17.7 Å². The third kappa shape index (κ3) is 2.19. The van der Waals surface area contributed by atoms with Gasteiger partial charge < -0.3 is 4.84 Å². The number of nitrogens with zero attached hydrogens (tertiary/aromatic N) is 1. The third-order valence-corrected chi connectivity index (χ3v) is 1.81. The predicted molar refractivity (Wildman–Crippen MR) is 47.1 cm³/mol. The second-order valence-corrected chi connectivity index (χ2v) is 2.88. The fourth-order valence-corrected chi connectivity index (χ4v) is 1.29. The summed E-state index contributed by atoms with van der Waals surface area (Å²) in [5.74, 6) is 0.251. The van der Waals surface area contributed by atoms with Crippen molar-refractivity contribution >= 4 is 11.5 Å². The Morgan fingerprint density at radius 3 is 3.00 bits per heavy atom. The van der Waals surface area contributed by atoms with E-state index in [1.165, 1.54) is 7.11 Å². The van der Waals surface area contributed by atoms with Crippen molar-refractivity contribution < 1.29 is 9.63 Å². The van der Waals surface area contributed by atoms with Crippen LogP contribution in [0.4, 0.5) is 0 Å². The average Bonchev–Trinajstić information content (AvgIpc) is 2.37. The smallest absolute Gasteiger partial charge is 0.159 e. The van der Waals surface area contributed by atoms with E-state index in [1.807, 2.05) is 13.0 Å². The topological polar surface area (TPSA) is 38.7 Å². The zero-order chi connectivity index (χ0) is 8.97. The molecule has 12 heavy (non-hydrogen) atoms. The van der Waals surface area contributed by atoms with Crippen molar-refractivity contribution in [2.24, 2.45) is 5.16 Å². The van der Waals surface area contributed by atoms with Crippen molar-refractivity contribution in [1.29, 1.82) is 0 Å². The quantitative estimate of drug-likeness (QED) is 0.474. The lowest BCUT2D eigenvalue weighted by molar-refractivity contribution is -0.114. The molecule has 0 saturated heterocycles. The minimum atomic E-state index is 0.251. The molecule has 3 nitrogen and oxygen atoms in total. The van der Waals surface area contributed by atoms with Crippen LogP contribution in [0.3, 0.4) is 0 Å². The molecule has 0 aromatic heterocycles. The molecular weight excluding hydrogens is 154 g/mol. The van der Waals surface area contributed by atoms with Crippen molar-refractivity contribution in [1.82, 2.24) is 0 Å². The zero-order valence-corrected chi connectivity index (χ0v) is 7.46. The zero-order valence-electron chi connectivity index (χ0n) is 7.46. The van der Waals surface area contributed by atoms with Crippen molar-refractivity contribution in [3.8, 4) is 0 Å². The molecule has 0 aliphatic heterocycles. The molecule has 0 aromatic carbocycles. The maximum Gasteiger partial charge on any atom is 0.159 e. The van der Waals surface area contributed by atoms with Gasteiger partial charge in [0, 0.05) is 12.8 Å². The van der Waals surface area contributed by atoms with E-state index in [0.29, 0.717) is 12.8 Å². The Bertz CT molecular complexity index is 241. The van der Waals surface area contributed by atoms with Gasteiger partial charge in [0.05, 0.1) is 5.71 Å². The average molecular weight is 167 g/mol. The van der Waals surface area contributed by atoms with Gasteiger partial charge in [0.15, 0.2) is 5.78 Å². The fraction of sp³-hybridized carbons (Fsp3) is 0.556. The fourth-order valence-electron chi connectivity index (χ4n) is 1.29. The van der Waals surface area contributed by atoms with Crippen LogP contribution in [-0.2, 0) is 9.63 Å². The first-order valence-electron chi connectivity index (χ1n) is 4.03. The highest BCUT2D eigenvalue weighted by Gasteiger charge is 2.15. The Hall–Kier alpha value is -1.12. The molecule has 0 bridgehead atoms. The van der Waals surface area contributed by atoms with E-state index in [4.69, 9.17) is 0 Å². The summed E-state index contributed by atoms with van der Waals surface area (Å²) in [6.45, 7) is 1.86. The van der Waals surface area contributed by atoms with E-state index in [-0.39, 0.29) is 5.78 Å². The van der Waals surface area contributed by atoms with E-state index in [2.05, 4.69) is 9.99 Å². The largest absolute Gasteiger partial charge is 0.399 e. The van der Waals surface area contributed by atoms with E-state index < -0.39 is 0 Å².